The standard InChI is InChI=1S/C20H35F3N4O6/c1-5-6-10-15(28)27-14(9-7-8-11-24-19(32)20(21,22)23)17(30)25-12(2)16(29)26-13(3)18(31)33-4/h12-15,27-28H,5-11H2,1-4H3,(H,24,32)(H,25,30)(H,26,29)/t12-,13-,14+,15?/m1/s1. The zero-order valence-electron chi connectivity index (χ0n) is 19.4. The largest absolute Gasteiger partial charge is 0.471 e. The summed E-state index contributed by atoms with van der Waals surface area (Å²) in [5, 5.41) is 19.5. The van der Waals surface area contributed by atoms with Gasteiger partial charge in [0.15, 0.2) is 0 Å². The lowest BCUT2D eigenvalue weighted by Crippen LogP contribution is -2.55. The fraction of sp³-hybridized carbons (Fsp3) is 0.800. The van der Waals surface area contributed by atoms with Crippen LogP contribution < -0.4 is 21.3 Å². The molecular formula is C20H35F3N4O6. The Labute approximate surface area is 191 Å². The molecule has 0 radical (unpaired) electrons. The van der Waals surface area contributed by atoms with Gasteiger partial charge in [0.1, 0.15) is 18.3 Å². The number of halogens is 3. The summed E-state index contributed by atoms with van der Waals surface area (Å²) in [5.74, 6) is -3.91. The van der Waals surface area contributed by atoms with Crippen molar-refractivity contribution < 1.29 is 42.2 Å². The van der Waals surface area contributed by atoms with Gasteiger partial charge in [-0.3, -0.25) is 19.7 Å². The van der Waals surface area contributed by atoms with Crippen LogP contribution in [0.15, 0.2) is 0 Å². The van der Waals surface area contributed by atoms with Crippen LogP contribution in [0.2, 0.25) is 0 Å². The quantitative estimate of drug-likeness (QED) is 0.129. The van der Waals surface area contributed by atoms with E-state index in [9.17, 15) is 37.5 Å². The number of hydrogen-bond donors (Lipinski definition) is 5. The molecule has 5 N–H and O–H groups in total. The molecule has 0 aromatic rings. The number of alkyl halides is 3. The molecule has 0 saturated heterocycles. The first-order valence-electron chi connectivity index (χ1n) is 10.8. The van der Waals surface area contributed by atoms with E-state index in [-0.39, 0.29) is 25.8 Å². The summed E-state index contributed by atoms with van der Waals surface area (Å²) in [7, 11) is 1.17. The van der Waals surface area contributed by atoms with Crippen molar-refractivity contribution in [1.29, 1.82) is 0 Å². The second kappa shape index (κ2) is 15.4. The molecular weight excluding hydrogens is 449 g/mol. The fourth-order valence-corrected chi connectivity index (χ4v) is 2.73. The van der Waals surface area contributed by atoms with E-state index in [2.05, 4.69) is 20.7 Å². The Hall–Kier alpha value is -2.41. The van der Waals surface area contributed by atoms with Crippen LogP contribution in [-0.2, 0) is 23.9 Å². The minimum absolute atomic E-state index is 0.143. The molecule has 0 aromatic heterocycles. The number of unbranched alkanes of at least 4 members (excludes halogenated alkanes) is 2. The summed E-state index contributed by atoms with van der Waals surface area (Å²) in [4.78, 5) is 47.1. The van der Waals surface area contributed by atoms with E-state index in [1.165, 1.54) is 21.0 Å². The molecule has 0 fully saturated rings. The molecule has 0 aliphatic rings. The van der Waals surface area contributed by atoms with Crippen molar-refractivity contribution in [3.05, 3.63) is 0 Å². The van der Waals surface area contributed by atoms with Crippen LogP contribution in [0.25, 0.3) is 0 Å². The average Bonchev–Trinajstić information content (AvgIpc) is 2.74. The van der Waals surface area contributed by atoms with E-state index in [1.54, 1.807) is 5.32 Å². The van der Waals surface area contributed by atoms with Crippen LogP contribution in [0, 0.1) is 0 Å². The van der Waals surface area contributed by atoms with Crippen molar-refractivity contribution in [2.75, 3.05) is 13.7 Å². The summed E-state index contributed by atoms with van der Waals surface area (Å²) in [6.45, 7) is 4.54. The lowest BCUT2D eigenvalue weighted by Gasteiger charge is -2.24. The molecule has 0 aliphatic carbocycles. The zero-order valence-corrected chi connectivity index (χ0v) is 19.4. The third-order valence-electron chi connectivity index (χ3n) is 4.67. The van der Waals surface area contributed by atoms with Gasteiger partial charge in [0, 0.05) is 6.54 Å². The highest BCUT2D eigenvalue weighted by Gasteiger charge is 2.38. The van der Waals surface area contributed by atoms with Crippen LogP contribution in [0.5, 0.6) is 0 Å². The number of ether oxygens (including phenoxy) is 1. The molecule has 10 nitrogen and oxygen atoms in total. The number of aliphatic hydroxyl groups is 1. The second-order valence-electron chi connectivity index (χ2n) is 7.61. The predicted molar refractivity (Wildman–Crippen MR) is 113 cm³/mol. The van der Waals surface area contributed by atoms with Gasteiger partial charge in [-0.15, -0.1) is 0 Å². The normalized spacial score (nSPS) is 15.0. The minimum atomic E-state index is -4.96. The molecule has 0 heterocycles. The van der Waals surface area contributed by atoms with Gasteiger partial charge in [-0.1, -0.05) is 13.3 Å². The molecule has 192 valence electrons. The Morgan fingerprint density at radius 1 is 0.939 bits per heavy atom. The van der Waals surface area contributed by atoms with Crippen LogP contribution in [0.4, 0.5) is 13.2 Å². The van der Waals surface area contributed by atoms with E-state index in [0.29, 0.717) is 12.8 Å². The van der Waals surface area contributed by atoms with E-state index >= 15 is 0 Å². The van der Waals surface area contributed by atoms with Crippen LogP contribution in [0.1, 0.15) is 59.3 Å². The number of esters is 1. The number of nitrogens with one attached hydrogen (secondary N) is 4. The molecule has 0 saturated carbocycles. The second-order valence-corrected chi connectivity index (χ2v) is 7.61. The van der Waals surface area contributed by atoms with Crippen molar-refractivity contribution >= 4 is 23.7 Å². The molecule has 33 heavy (non-hydrogen) atoms. The monoisotopic (exact) mass is 484 g/mol. The number of carbonyl (C=O) groups is 4. The average molecular weight is 485 g/mol. The predicted octanol–water partition coefficient (Wildman–Crippen LogP) is 0.484. The van der Waals surface area contributed by atoms with Gasteiger partial charge in [0.25, 0.3) is 0 Å². The summed E-state index contributed by atoms with van der Waals surface area (Å²) >= 11 is 0. The lowest BCUT2D eigenvalue weighted by molar-refractivity contribution is -0.173. The highest BCUT2D eigenvalue weighted by Crippen LogP contribution is 2.14. The van der Waals surface area contributed by atoms with Crippen LogP contribution in [0.3, 0.4) is 0 Å². The van der Waals surface area contributed by atoms with Gasteiger partial charge in [0.05, 0.1) is 13.2 Å². The number of amides is 3. The molecule has 0 spiro atoms. The minimum Gasteiger partial charge on any atom is -0.467 e. The Kier molecular flexibility index (Phi) is 14.3. The van der Waals surface area contributed by atoms with Gasteiger partial charge < -0.3 is 25.8 Å². The van der Waals surface area contributed by atoms with Crippen molar-refractivity contribution in [3.63, 3.8) is 0 Å². The number of aliphatic hydroxyl groups excluding tert-OH is 1. The van der Waals surface area contributed by atoms with Crippen molar-refractivity contribution in [3.8, 4) is 0 Å². The smallest absolute Gasteiger partial charge is 0.467 e. The number of rotatable bonds is 15. The highest BCUT2D eigenvalue weighted by molar-refractivity contribution is 5.91. The van der Waals surface area contributed by atoms with E-state index < -0.39 is 54.2 Å². The molecule has 1 unspecified atom stereocenters. The fourth-order valence-electron chi connectivity index (χ4n) is 2.73. The first-order chi connectivity index (χ1) is 15.3. The summed E-state index contributed by atoms with van der Waals surface area (Å²) in [6.07, 6.45) is -3.46. The van der Waals surface area contributed by atoms with Crippen LogP contribution >= 0.6 is 0 Å². The third kappa shape index (κ3) is 13.0. The molecule has 13 heteroatoms. The van der Waals surface area contributed by atoms with Crippen LogP contribution in [-0.4, -0.2) is 73.0 Å². The van der Waals surface area contributed by atoms with Crippen molar-refractivity contribution in [2.24, 2.45) is 0 Å². The first kappa shape index (κ1) is 30.6. The van der Waals surface area contributed by atoms with E-state index in [1.807, 2.05) is 6.92 Å². The van der Waals surface area contributed by atoms with Crippen molar-refractivity contribution in [1.82, 2.24) is 21.3 Å². The van der Waals surface area contributed by atoms with E-state index in [4.69, 9.17) is 0 Å². The number of carbonyl (C=O) groups excluding carboxylic acids is 4. The maximum atomic E-state index is 12.7. The maximum Gasteiger partial charge on any atom is 0.471 e. The SMILES string of the molecule is CCCCC(O)N[C@@H](CCCCNC(=O)C(F)(F)F)C(=O)N[C@H](C)C(=O)N[C@H](C)C(=O)OC. The van der Waals surface area contributed by atoms with E-state index in [0.717, 1.165) is 6.42 Å². The molecule has 0 aromatic carbocycles. The Bertz CT molecular complexity index is 648. The molecule has 0 rings (SSSR count). The van der Waals surface area contributed by atoms with Gasteiger partial charge in [-0.25, -0.2) is 4.79 Å². The topological polar surface area (TPSA) is 146 Å². The maximum absolute atomic E-state index is 12.7. The Balaban J connectivity index is 4.85. The van der Waals surface area contributed by atoms with Gasteiger partial charge >= 0.3 is 18.1 Å². The Morgan fingerprint density at radius 2 is 1.55 bits per heavy atom. The molecule has 0 aliphatic heterocycles. The first-order valence-corrected chi connectivity index (χ1v) is 10.8. The number of methoxy groups -OCH3 is 1. The summed E-state index contributed by atoms with van der Waals surface area (Å²) in [6, 6.07) is -2.85. The lowest BCUT2D eigenvalue weighted by atomic mass is 10.1. The van der Waals surface area contributed by atoms with Gasteiger partial charge in [-0.05, 0) is 46.0 Å². The number of hydrogen-bond acceptors (Lipinski definition) is 7. The molecule has 0 bridgehead atoms. The summed E-state index contributed by atoms with van der Waals surface area (Å²) in [5.41, 5.74) is 0. The van der Waals surface area contributed by atoms with Gasteiger partial charge in [0.2, 0.25) is 11.8 Å². The van der Waals surface area contributed by atoms with Gasteiger partial charge in [-0.2, -0.15) is 13.2 Å². The Morgan fingerprint density at radius 3 is 2.09 bits per heavy atom. The molecule has 3 amide bonds. The summed E-state index contributed by atoms with van der Waals surface area (Å²) < 4.78 is 41.1. The zero-order chi connectivity index (χ0) is 25.6. The molecule has 4 atom stereocenters. The highest BCUT2D eigenvalue weighted by atomic mass is 19.4. The third-order valence-corrected chi connectivity index (χ3v) is 4.67. The van der Waals surface area contributed by atoms with Crippen molar-refractivity contribution in [2.45, 2.75) is 89.8 Å².